The van der Waals surface area contributed by atoms with E-state index in [-0.39, 0.29) is 24.5 Å². The summed E-state index contributed by atoms with van der Waals surface area (Å²) in [6, 6.07) is 6.38. The first-order valence-corrected chi connectivity index (χ1v) is 7.77. The number of halogens is 2. The molecular weight excluding hydrogens is 340 g/mol. The summed E-state index contributed by atoms with van der Waals surface area (Å²) in [6.07, 6.45) is -0.118. The molecule has 2 heterocycles. The molecule has 124 valence electrons. The number of aromatic nitrogens is 2. The van der Waals surface area contributed by atoms with E-state index >= 15 is 0 Å². The van der Waals surface area contributed by atoms with Crippen LogP contribution in [0.25, 0.3) is 10.8 Å². The fourth-order valence-electron chi connectivity index (χ4n) is 1.96. The third-order valence-corrected chi connectivity index (χ3v) is 3.95. The molecule has 0 saturated heterocycles. The van der Waals surface area contributed by atoms with Gasteiger partial charge in [0.05, 0.1) is 17.1 Å². The normalized spacial score (nSPS) is 10.8. The molecule has 2 aromatic heterocycles. The number of carbonyl (C=O) groups is 1. The highest BCUT2D eigenvalue weighted by atomic mass is 32.1. The van der Waals surface area contributed by atoms with E-state index < -0.39 is 23.3 Å². The minimum atomic E-state index is -0.873. The smallest absolute Gasteiger partial charge is 0.387 e. The molecule has 0 radical (unpaired) electrons. The number of nitrogens with one attached hydrogen (secondary N) is 1. The molecule has 3 aromatic rings. The summed E-state index contributed by atoms with van der Waals surface area (Å²) >= 11 is 1.37. The standard InChI is InChI=1S/C15H11F2N3O3S/c16-9-3-4-11(10(17)8-9)18-13(21)5-6-20-15(22)23-14(19-20)12-2-1-7-24-12/h1-4,7-8H,5-6H2,(H,18,21). The van der Waals surface area contributed by atoms with Crippen LogP contribution in [-0.2, 0) is 11.3 Å². The molecule has 0 aliphatic carbocycles. The summed E-state index contributed by atoms with van der Waals surface area (Å²) in [5.41, 5.74) is -0.131. The summed E-state index contributed by atoms with van der Waals surface area (Å²) in [4.78, 5) is 24.2. The lowest BCUT2D eigenvalue weighted by Gasteiger charge is -2.05. The predicted molar refractivity (Wildman–Crippen MR) is 83.7 cm³/mol. The molecule has 0 fully saturated rings. The summed E-state index contributed by atoms with van der Waals surface area (Å²) in [5.74, 6) is -2.64. The van der Waals surface area contributed by atoms with Crippen molar-refractivity contribution in [2.24, 2.45) is 0 Å². The van der Waals surface area contributed by atoms with Gasteiger partial charge in [-0.25, -0.2) is 13.6 Å². The Labute approximate surface area is 138 Å². The van der Waals surface area contributed by atoms with Crippen LogP contribution >= 0.6 is 11.3 Å². The molecule has 0 aliphatic rings. The van der Waals surface area contributed by atoms with Gasteiger partial charge in [-0.3, -0.25) is 4.79 Å². The van der Waals surface area contributed by atoms with Gasteiger partial charge in [0, 0.05) is 12.5 Å². The van der Waals surface area contributed by atoms with Crippen molar-refractivity contribution in [2.45, 2.75) is 13.0 Å². The van der Waals surface area contributed by atoms with Gasteiger partial charge in [0.25, 0.3) is 5.89 Å². The van der Waals surface area contributed by atoms with Crippen molar-refractivity contribution in [1.82, 2.24) is 9.78 Å². The number of hydrogen-bond donors (Lipinski definition) is 1. The maximum atomic E-state index is 13.5. The van der Waals surface area contributed by atoms with E-state index in [0.29, 0.717) is 10.9 Å². The number of carbonyl (C=O) groups excluding carboxylic acids is 1. The van der Waals surface area contributed by atoms with Crippen LogP contribution in [0.2, 0.25) is 0 Å². The van der Waals surface area contributed by atoms with Crippen LogP contribution in [0.15, 0.2) is 44.9 Å². The molecule has 3 rings (SSSR count). The lowest BCUT2D eigenvalue weighted by Crippen LogP contribution is -2.21. The van der Waals surface area contributed by atoms with Crippen LogP contribution in [0.1, 0.15) is 6.42 Å². The van der Waals surface area contributed by atoms with Crippen LogP contribution in [0.5, 0.6) is 0 Å². The fraction of sp³-hybridized carbons (Fsp3) is 0.133. The second-order valence-electron chi connectivity index (χ2n) is 4.80. The maximum Gasteiger partial charge on any atom is 0.437 e. The summed E-state index contributed by atoms with van der Waals surface area (Å²) < 4.78 is 32.3. The monoisotopic (exact) mass is 351 g/mol. The molecule has 0 spiro atoms. The first-order chi connectivity index (χ1) is 11.5. The Morgan fingerprint density at radius 2 is 2.17 bits per heavy atom. The van der Waals surface area contributed by atoms with Crippen molar-refractivity contribution in [2.75, 3.05) is 5.32 Å². The van der Waals surface area contributed by atoms with Gasteiger partial charge >= 0.3 is 5.76 Å². The summed E-state index contributed by atoms with van der Waals surface area (Å²) in [7, 11) is 0. The topological polar surface area (TPSA) is 77.1 Å². The second kappa shape index (κ2) is 6.75. The molecule has 0 atom stereocenters. The van der Waals surface area contributed by atoms with Gasteiger partial charge in [0.2, 0.25) is 5.91 Å². The third kappa shape index (κ3) is 3.57. The van der Waals surface area contributed by atoms with Crippen LogP contribution in [0, 0.1) is 11.6 Å². The first-order valence-electron chi connectivity index (χ1n) is 6.89. The van der Waals surface area contributed by atoms with Crippen LogP contribution in [0.4, 0.5) is 14.5 Å². The summed E-state index contributed by atoms with van der Waals surface area (Å²) in [5, 5.41) is 8.13. The predicted octanol–water partition coefficient (Wildman–Crippen LogP) is 2.87. The van der Waals surface area contributed by atoms with Crippen molar-refractivity contribution in [3.63, 3.8) is 0 Å². The molecule has 1 amide bonds. The number of benzene rings is 1. The van der Waals surface area contributed by atoms with E-state index in [0.717, 1.165) is 16.8 Å². The number of anilines is 1. The van der Waals surface area contributed by atoms with Crippen molar-refractivity contribution in [3.05, 3.63) is 57.9 Å². The van der Waals surface area contributed by atoms with Gasteiger partial charge < -0.3 is 9.73 Å². The molecule has 0 bridgehead atoms. The highest BCUT2D eigenvalue weighted by Gasteiger charge is 2.13. The molecule has 1 N–H and O–H groups in total. The molecule has 24 heavy (non-hydrogen) atoms. The van der Waals surface area contributed by atoms with E-state index in [1.165, 1.54) is 11.3 Å². The summed E-state index contributed by atoms with van der Waals surface area (Å²) in [6.45, 7) is -0.0254. The molecule has 1 aromatic carbocycles. The average Bonchev–Trinajstić information content (AvgIpc) is 3.17. The van der Waals surface area contributed by atoms with Crippen LogP contribution in [-0.4, -0.2) is 15.7 Å². The van der Waals surface area contributed by atoms with E-state index in [1.807, 2.05) is 5.38 Å². The zero-order valence-electron chi connectivity index (χ0n) is 12.2. The van der Waals surface area contributed by atoms with Gasteiger partial charge in [-0.05, 0) is 23.6 Å². The molecule has 0 aliphatic heterocycles. The third-order valence-electron chi connectivity index (χ3n) is 3.09. The van der Waals surface area contributed by atoms with Crippen LogP contribution < -0.4 is 11.1 Å². The maximum absolute atomic E-state index is 13.5. The Balaban J connectivity index is 1.63. The Hall–Kier alpha value is -2.81. The van der Waals surface area contributed by atoms with Gasteiger partial charge in [-0.2, -0.15) is 4.68 Å². The van der Waals surface area contributed by atoms with E-state index in [1.54, 1.807) is 12.1 Å². The number of nitrogens with zero attached hydrogens (tertiary/aromatic N) is 2. The molecule has 0 unspecified atom stereocenters. The second-order valence-corrected chi connectivity index (χ2v) is 5.74. The van der Waals surface area contributed by atoms with E-state index in [9.17, 15) is 18.4 Å². The minimum Gasteiger partial charge on any atom is -0.387 e. The molecular formula is C15H11F2N3O3S. The zero-order valence-corrected chi connectivity index (χ0v) is 13.0. The SMILES string of the molecule is O=C(CCn1nc(-c2cccs2)oc1=O)Nc1ccc(F)cc1F. The lowest BCUT2D eigenvalue weighted by atomic mass is 10.3. The first kappa shape index (κ1) is 16.1. The van der Waals surface area contributed by atoms with Crippen molar-refractivity contribution >= 4 is 22.9 Å². The van der Waals surface area contributed by atoms with Gasteiger partial charge in [-0.15, -0.1) is 16.4 Å². The lowest BCUT2D eigenvalue weighted by molar-refractivity contribution is -0.116. The minimum absolute atomic E-state index is 0.0254. The Bertz CT molecular complexity index is 918. The number of thiophene rings is 1. The number of amides is 1. The molecule has 9 heteroatoms. The van der Waals surface area contributed by atoms with Crippen LogP contribution in [0.3, 0.4) is 0 Å². The van der Waals surface area contributed by atoms with E-state index in [2.05, 4.69) is 10.4 Å². The fourth-order valence-corrected chi connectivity index (χ4v) is 2.60. The highest BCUT2D eigenvalue weighted by Crippen LogP contribution is 2.21. The van der Waals surface area contributed by atoms with E-state index in [4.69, 9.17) is 4.42 Å². The van der Waals surface area contributed by atoms with Gasteiger partial charge in [0.1, 0.15) is 11.6 Å². The molecule has 6 nitrogen and oxygen atoms in total. The Morgan fingerprint density at radius 1 is 1.33 bits per heavy atom. The zero-order chi connectivity index (χ0) is 17.1. The average molecular weight is 351 g/mol. The van der Waals surface area contributed by atoms with Crippen molar-refractivity contribution < 1.29 is 18.0 Å². The highest BCUT2D eigenvalue weighted by molar-refractivity contribution is 7.13. The Kier molecular flexibility index (Phi) is 4.52. The number of hydrogen-bond acceptors (Lipinski definition) is 5. The van der Waals surface area contributed by atoms with Gasteiger partial charge in [-0.1, -0.05) is 6.07 Å². The largest absolute Gasteiger partial charge is 0.437 e. The van der Waals surface area contributed by atoms with Gasteiger partial charge in [0.15, 0.2) is 0 Å². The number of aryl methyl sites for hydroxylation is 1. The quantitative estimate of drug-likeness (QED) is 0.767. The Morgan fingerprint density at radius 3 is 2.88 bits per heavy atom. The molecule has 0 saturated carbocycles. The number of rotatable bonds is 5. The van der Waals surface area contributed by atoms with Crippen molar-refractivity contribution in [1.29, 1.82) is 0 Å². The van der Waals surface area contributed by atoms with Crippen molar-refractivity contribution in [3.8, 4) is 10.8 Å².